The molecule has 6 nitrogen and oxygen atoms in total. The van der Waals surface area contributed by atoms with E-state index in [-0.39, 0.29) is 18.3 Å². The van der Waals surface area contributed by atoms with Gasteiger partial charge in [-0.3, -0.25) is 0 Å². The van der Waals surface area contributed by atoms with Crippen LogP contribution in [0.15, 0.2) is 91.0 Å². The van der Waals surface area contributed by atoms with Crippen LogP contribution in [0.25, 0.3) is 0 Å². The largest absolute Gasteiger partial charge is 0.368 e. The van der Waals surface area contributed by atoms with E-state index < -0.39 is 23.6 Å². The van der Waals surface area contributed by atoms with Crippen LogP contribution in [0.2, 0.25) is 0 Å². The van der Waals surface area contributed by atoms with Gasteiger partial charge in [-0.05, 0) is 30.5 Å². The lowest BCUT2D eigenvalue weighted by Crippen LogP contribution is -2.65. The van der Waals surface area contributed by atoms with Gasteiger partial charge in [0.05, 0.1) is 26.4 Å². The highest BCUT2D eigenvalue weighted by molar-refractivity contribution is 5.22. The molecular formula is C31H34O6. The molecule has 3 aromatic carbocycles. The Labute approximate surface area is 218 Å². The summed E-state index contributed by atoms with van der Waals surface area (Å²) in [6, 6.07) is 30.5. The second-order valence-corrected chi connectivity index (χ2v) is 10.5. The fraction of sp³-hybridized carbons (Fsp3) is 0.419. The van der Waals surface area contributed by atoms with Crippen LogP contribution in [0.5, 0.6) is 0 Å². The van der Waals surface area contributed by atoms with Crippen LogP contribution in [0.3, 0.4) is 0 Å². The van der Waals surface area contributed by atoms with Crippen molar-refractivity contribution in [3.8, 4) is 0 Å². The Balaban J connectivity index is 1.31. The molecule has 0 N–H and O–H groups in total. The predicted octanol–water partition coefficient (Wildman–Crippen LogP) is 5.05. The van der Waals surface area contributed by atoms with Gasteiger partial charge in [-0.25, -0.2) is 0 Å². The van der Waals surface area contributed by atoms with Gasteiger partial charge in [0.1, 0.15) is 30.5 Å². The predicted molar refractivity (Wildman–Crippen MR) is 138 cm³/mol. The Morgan fingerprint density at radius 2 is 1.16 bits per heavy atom. The van der Waals surface area contributed by atoms with Crippen LogP contribution in [-0.4, -0.2) is 48.5 Å². The molecule has 2 heterocycles. The number of epoxide rings is 1. The Morgan fingerprint density at radius 1 is 0.676 bits per heavy atom. The monoisotopic (exact) mass is 502 g/mol. The number of fused-ring (bicyclic) bond motifs is 2. The number of benzene rings is 3. The zero-order valence-corrected chi connectivity index (χ0v) is 21.3. The molecule has 1 saturated carbocycles. The summed E-state index contributed by atoms with van der Waals surface area (Å²) in [5.41, 5.74) is 2.49. The normalized spacial score (nSPS) is 31.8. The fourth-order valence-corrected chi connectivity index (χ4v) is 5.55. The van der Waals surface area contributed by atoms with E-state index in [0.29, 0.717) is 26.4 Å². The lowest BCUT2D eigenvalue weighted by Gasteiger charge is -2.45. The highest BCUT2D eigenvalue weighted by Crippen LogP contribution is 2.53. The van der Waals surface area contributed by atoms with Crippen molar-refractivity contribution in [1.82, 2.24) is 0 Å². The topological polar surface area (TPSA) is 58.7 Å². The molecule has 0 aromatic heterocycles. The van der Waals surface area contributed by atoms with E-state index in [2.05, 4.69) is 36.4 Å². The lowest BCUT2D eigenvalue weighted by atomic mass is 9.78. The molecule has 6 heteroatoms. The van der Waals surface area contributed by atoms with Crippen LogP contribution >= 0.6 is 0 Å². The van der Waals surface area contributed by atoms with Crippen molar-refractivity contribution in [2.75, 3.05) is 6.61 Å². The van der Waals surface area contributed by atoms with Crippen LogP contribution in [0.1, 0.15) is 30.5 Å². The quantitative estimate of drug-likeness (QED) is 0.382. The molecule has 1 aliphatic carbocycles. The summed E-state index contributed by atoms with van der Waals surface area (Å²) >= 11 is 0. The van der Waals surface area contributed by atoms with Crippen LogP contribution in [0, 0.1) is 0 Å². The van der Waals surface area contributed by atoms with E-state index in [4.69, 9.17) is 28.4 Å². The summed E-state index contributed by atoms with van der Waals surface area (Å²) in [6.45, 7) is 5.56. The summed E-state index contributed by atoms with van der Waals surface area (Å²) in [5, 5.41) is 0. The van der Waals surface area contributed by atoms with Gasteiger partial charge in [-0.15, -0.1) is 0 Å². The van der Waals surface area contributed by atoms with Gasteiger partial charge in [-0.2, -0.15) is 0 Å². The first-order valence-corrected chi connectivity index (χ1v) is 13.0. The minimum Gasteiger partial charge on any atom is -0.368 e. The summed E-state index contributed by atoms with van der Waals surface area (Å²) in [5.74, 6) is -0.743. The Kier molecular flexibility index (Phi) is 6.88. The highest BCUT2D eigenvalue weighted by Gasteiger charge is 2.74. The zero-order valence-electron chi connectivity index (χ0n) is 21.3. The van der Waals surface area contributed by atoms with Crippen LogP contribution in [-0.2, 0) is 48.2 Å². The van der Waals surface area contributed by atoms with E-state index in [9.17, 15) is 0 Å². The van der Waals surface area contributed by atoms with Crippen molar-refractivity contribution < 1.29 is 28.4 Å². The molecule has 3 aromatic rings. The maximum atomic E-state index is 6.69. The third-order valence-electron chi connectivity index (χ3n) is 7.36. The zero-order chi connectivity index (χ0) is 25.3. The van der Waals surface area contributed by atoms with Crippen molar-refractivity contribution >= 4 is 0 Å². The Morgan fingerprint density at radius 3 is 1.65 bits per heavy atom. The average Bonchev–Trinajstić information content (AvgIpc) is 3.67. The number of hydrogen-bond donors (Lipinski definition) is 0. The van der Waals surface area contributed by atoms with E-state index in [1.807, 2.05) is 68.4 Å². The minimum atomic E-state index is -0.781. The van der Waals surface area contributed by atoms with Gasteiger partial charge >= 0.3 is 0 Å². The van der Waals surface area contributed by atoms with E-state index in [0.717, 1.165) is 16.7 Å². The molecule has 37 heavy (non-hydrogen) atoms. The summed E-state index contributed by atoms with van der Waals surface area (Å²) in [4.78, 5) is 0. The molecule has 3 aliphatic rings. The first kappa shape index (κ1) is 24.7. The molecule has 6 rings (SSSR count). The van der Waals surface area contributed by atoms with Gasteiger partial charge in [0.15, 0.2) is 11.4 Å². The third-order valence-corrected chi connectivity index (χ3v) is 7.36. The van der Waals surface area contributed by atoms with Gasteiger partial charge in [0.25, 0.3) is 0 Å². The first-order chi connectivity index (χ1) is 18.0. The SMILES string of the molecule is CC1(C)OC[C@]2(O1)[C@@H](OCc1ccccc1)[C@H](OCc1ccccc1)[C@@H](OCc1ccccc1)[C@@H]1O[C@@H]12. The van der Waals surface area contributed by atoms with Crippen molar-refractivity contribution in [1.29, 1.82) is 0 Å². The molecule has 0 bridgehead atoms. The first-order valence-electron chi connectivity index (χ1n) is 13.0. The molecule has 2 aliphatic heterocycles. The van der Waals surface area contributed by atoms with Crippen LogP contribution in [0.4, 0.5) is 0 Å². The highest BCUT2D eigenvalue weighted by atomic mass is 16.8. The fourth-order valence-electron chi connectivity index (χ4n) is 5.55. The average molecular weight is 503 g/mol. The molecule has 0 unspecified atom stereocenters. The Hall–Kier alpha value is -2.58. The minimum absolute atomic E-state index is 0.154. The van der Waals surface area contributed by atoms with Gasteiger partial charge in [0, 0.05) is 0 Å². The van der Waals surface area contributed by atoms with Crippen molar-refractivity contribution in [3.05, 3.63) is 108 Å². The molecule has 1 spiro atoms. The number of rotatable bonds is 9. The van der Waals surface area contributed by atoms with E-state index >= 15 is 0 Å². The van der Waals surface area contributed by atoms with E-state index in [1.165, 1.54) is 0 Å². The number of ether oxygens (including phenoxy) is 6. The van der Waals surface area contributed by atoms with E-state index in [1.54, 1.807) is 0 Å². The molecule has 6 atom stereocenters. The van der Waals surface area contributed by atoms with Crippen molar-refractivity contribution in [2.24, 2.45) is 0 Å². The molecular weight excluding hydrogens is 468 g/mol. The molecule has 2 saturated heterocycles. The molecule has 194 valence electrons. The van der Waals surface area contributed by atoms with Crippen LogP contribution < -0.4 is 0 Å². The smallest absolute Gasteiger partial charge is 0.164 e. The van der Waals surface area contributed by atoms with Gasteiger partial charge in [-0.1, -0.05) is 91.0 Å². The Bertz CT molecular complexity index is 1150. The maximum absolute atomic E-state index is 6.69. The maximum Gasteiger partial charge on any atom is 0.164 e. The summed E-state index contributed by atoms with van der Waals surface area (Å²) in [7, 11) is 0. The summed E-state index contributed by atoms with van der Waals surface area (Å²) in [6.07, 6.45) is -1.53. The van der Waals surface area contributed by atoms with Crippen molar-refractivity contribution in [2.45, 2.75) is 75.6 Å². The summed E-state index contributed by atoms with van der Waals surface area (Å²) < 4.78 is 38.9. The second-order valence-electron chi connectivity index (χ2n) is 10.5. The number of hydrogen-bond acceptors (Lipinski definition) is 6. The lowest BCUT2D eigenvalue weighted by molar-refractivity contribution is -0.248. The third kappa shape index (κ3) is 5.23. The second kappa shape index (κ2) is 10.3. The molecule has 0 radical (unpaired) electrons. The van der Waals surface area contributed by atoms with Crippen molar-refractivity contribution in [3.63, 3.8) is 0 Å². The van der Waals surface area contributed by atoms with Gasteiger partial charge in [0.2, 0.25) is 0 Å². The van der Waals surface area contributed by atoms with Gasteiger partial charge < -0.3 is 28.4 Å². The standard InChI is InChI=1S/C31H34O6/c1-30(2)35-21-31(37-30)28(34-20-24-16-10-5-11-17-24)26(33-19-23-14-8-4-9-15-23)25(27-29(31)36-27)32-18-22-12-6-3-7-13-22/h3-17,25-29H,18-21H2,1-2H3/t25-,26-,27+,28+,29+,31+/m1/s1. The molecule has 0 amide bonds. The molecule has 3 fully saturated rings.